The zero-order valence-electron chi connectivity index (χ0n) is 16.4. The number of hydrazone groups is 1. The molecule has 4 rings (SSSR count). The van der Waals surface area contributed by atoms with Gasteiger partial charge < -0.3 is 4.90 Å². The molecule has 0 spiro atoms. The fourth-order valence-corrected chi connectivity index (χ4v) is 3.21. The Morgan fingerprint density at radius 2 is 1.83 bits per heavy atom. The minimum Gasteiger partial charge on any atom is -0.337 e. The molecule has 148 valence electrons. The number of aromatic nitrogens is 4. The van der Waals surface area contributed by atoms with Gasteiger partial charge in [0, 0.05) is 29.7 Å². The topological polar surface area (TPSA) is 89.5 Å². The maximum atomic E-state index is 12.3. The van der Waals surface area contributed by atoms with Crippen LogP contribution in [-0.2, 0) is 6.54 Å². The molecule has 2 aromatic carbocycles. The van der Waals surface area contributed by atoms with Gasteiger partial charge in [0.15, 0.2) is 0 Å². The summed E-state index contributed by atoms with van der Waals surface area (Å²) in [4.78, 5) is 15.4. The number of carbonyl (C=O) groups is 1. The van der Waals surface area contributed by atoms with Crippen LogP contribution >= 0.6 is 0 Å². The number of piperidine rings is 1. The second-order valence-electron chi connectivity index (χ2n) is 7.28. The van der Waals surface area contributed by atoms with Crippen LogP contribution in [-0.4, -0.2) is 52.0 Å². The molecule has 0 unspecified atom stereocenters. The van der Waals surface area contributed by atoms with Crippen molar-refractivity contribution in [3.05, 3.63) is 65.7 Å². The average Bonchev–Trinajstić information content (AvgIpc) is 3.23. The molecule has 1 fully saturated rings. The number of rotatable bonds is 5. The molecule has 1 aromatic heterocycles. The lowest BCUT2D eigenvalue weighted by atomic mass is 10.1. The normalized spacial score (nSPS) is 16.4. The standard InChI is InChI=1S/C21H23N7O/c1-27-13-11-19(12-14-27)22-24-21(29)18-9-7-16(8-10-18)15-28-25-20(23-26-28)17-5-3-2-4-6-17/h2-10H,11-15H2,1H3,(H,24,29)/p+1. The van der Waals surface area contributed by atoms with E-state index < -0.39 is 0 Å². The van der Waals surface area contributed by atoms with E-state index in [0.29, 0.717) is 17.9 Å². The van der Waals surface area contributed by atoms with Gasteiger partial charge in [0.1, 0.15) is 0 Å². The fourth-order valence-electron chi connectivity index (χ4n) is 3.21. The number of amides is 1. The van der Waals surface area contributed by atoms with Crippen LogP contribution in [0.4, 0.5) is 0 Å². The average molecular weight is 390 g/mol. The second-order valence-corrected chi connectivity index (χ2v) is 7.28. The number of hydrogen-bond acceptors (Lipinski definition) is 5. The van der Waals surface area contributed by atoms with E-state index in [2.05, 4.69) is 33.0 Å². The van der Waals surface area contributed by atoms with Crippen LogP contribution in [0.1, 0.15) is 28.8 Å². The summed E-state index contributed by atoms with van der Waals surface area (Å²) >= 11 is 0. The number of nitrogens with zero attached hydrogens (tertiary/aromatic N) is 5. The lowest BCUT2D eigenvalue weighted by molar-refractivity contribution is -0.880. The Labute approximate surface area is 169 Å². The van der Waals surface area contributed by atoms with Crippen LogP contribution in [0, 0.1) is 0 Å². The smallest absolute Gasteiger partial charge is 0.271 e. The molecule has 0 saturated carbocycles. The molecule has 0 radical (unpaired) electrons. The van der Waals surface area contributed by atoms with Crippen molar-refractivity contribution in [3.8, 4) is 11.4 Å². The van der Waals surface area contributed by atoms with Crippen molar-refractivity contribution in [2.24, 2.45) is 5.10 Å². The molecule has 1 amide bonds. The molecule has 0 aliphatic carbocycles. The predicted octanol–water partition coefficient (Wildman–Crippen LogP) is 0.783. The van der Waals surface area contributed by atoms with E-state index in [1.54, 1.807) is 16.9 Å². The molecule has 3 aromatic rings. The number of hydrogen-bond donors (Lipinski definition) is 2. The number of tetrazole rings is 1. The highest BCUT2D eigenvalue weighted by Gasteiger charge is 2.15. The molecule has 29 heavy (non-hydrogen) atoms. The van der Waals surface area contributed by atoms with Gasteiger partial charge in [-0.2, -0.15) is 9.90 Å². The van der Waals surface area contributed by atoms with E-state index in [4.69, 9.17) is 0 Å². The zero-order chi connectivity index (χ0) is 20.1. The van der Waals surface area contributed by atoms with Crippen LogP contribution in [0.3, 0.4) is 0 Å². The maximum Gasteiger partial charge on any atom is 0.271 e. The first-order valence-corrected chi connectivity index (χ1v) is 9.76. The van der Waals surface area contributed by atoms with E-state index in [-0.39, 0.29) is 5.91 Å². The van der Waals surface area contributed by atoms with Gasteiger partial charge in [-0.1, -0.05) is 42.5 Å². The summed E-state index contributed by atoms with van der Waals surface area (Å²) in [5.74, 6) is 0.400. The van der Waals surface area contributed by atoms with Gasteiger partial charge in [0.25, 0.3) is 5.91 Å². The van der Waals surface area contributed by atoms with Crippen LogP contribution in [0.15, 0.2) is 59.7 Å². The lowest BCUT2D eigenvalue weighted by Crippen LogP contribution is -3.10. The van der Waals surface area contributed by atoms with Gasteiger partial charge in [0.05, 0.1) is 26.7 Å². The zero-order valence-corrected chi connectivity index (χ0v) is 16.4. The third kappa shape index (κ3) is 4.91. The van der Waals surface area contributed by atoms with Crippen molar-refractivity contribution in [2.75, 3.05) is 20.1 Å². The molecule has 1 aliphatic rings. The van der Waals surface area contributed by atoms with E-state index in [1.807, 2.05) is 42.5 Å². The van der Waals surface area contributed by atoms with Gasteiger partial charge in [0.2, 0.25) is 5.82 Å². The predicted molar refractivity (Wildman–Crippen MR) is 110 cm³/mol. The van der Waals surface area contributed by atoms with Gasteiger partial charge in [-0.3, -0.25) is 4.79 Å². The molecule has 8 nitrogen and oxygen atoms in total. The summed E-state index contributed by atoms with van der Waals surface area (Å²) in [6.07, 6.45) is 1.86. The summed E-state index contributed by atoms with van der Waals surface area (Å²) in [7, 11) is 2.17. The number of benzene rings is 2. The van der Waals surface area contributed by atoms with Crippen molar-refractivity contribution < 1.29 is 9.69 Å². The Kier molecular flexibility index (Phi) is 5.71. The third-order valence-corrected chi connectivity index (χ3v) is 5.02. The Morgan fingerprint density at radius 3 is 2.55 bits per heavy atom. The van der Waals surface area contributed by atoms with Gasteiger partial charge in [-0.25, -0.2) is 5.43 Å². The fraction of sp³-hybridized carbons (Fsp3) is 0.286. The van der Waals surface area contributed by atoms with Crippen molar-refractivity contribution in [2.45, 2.75) is 19.4 Å². The van der Waals surface area contributed by atoms with Crippen LogP contribution < -0.4 is 10.3 Å². The van der Waals surface area contributed by atoms with Crippen LogP contribution in [0.2, 0.25) is 0 Å². The van der Waals surface area contributed by atoms with Gasteiger partial charge >= 0.3 is 0 Å². The molecule has 0 bridgehead atoms. The van der Waals surface area contributed by atoms with Crippen molar-refractivity contribution >= 4 is 11.6 Å². The van der Waals surface area contributed by atoms with Crippen LogP contribution in [0.25, 0.3) is 11.4 Å². The van der Waals surface area contributed by atoms with Crippen molar-refractivity contribution in [1.82, 2.24) is 25.6 Å². The van der Waals surface area contributed by atoms with E-state index in [0.717, 1.165) is 42.8 Å². The number of quaternary nitrogens is 1. The summed E-state index contributed by atoms with van der Waals surface area (Å²) in [6, 6.07) is 17.1. The highest BCUT2D eigenvalue weighted by Crippen LogP contribution is 2.12. The van der Waals surface area contributed by atoms with Crippen molar-refractivity contribution in [1.29, 1.82) is 0 Å². The minimum atomic E-state index is -0.194. The maximum absolute atomic E-state index is 12.3. The second kappa shape index (κ2) is 8.74. The van der Waals surface area contributed by atoms with Crippen LogP contribution in [0.5, 0.6) is 0 Å². The number of carbonyl (C=O) groups excluding carboxylic acids is 1. The van der Waals surface area contributed by atoms with E-state index in [9.17, 15) is 4.79 Å². The Hall–Kier alpha value is -3.39. The first-order valence-electron chi connectivity index (χ1n) is 9.76. The monoisotopic (exact) mass is 390 g/mol. The van der Waals surface area contributed by atoms with Gasteiger partial charge in [-0.15, -0.1) is 10.2 Å². The number of nitrogens with one attached hydrogen (secondary N) is 2. The molecule has 0 atom stereocenters. The van der Waals surface area contributed by atoms with E-state index in [1.165, 1.54) is 4.90 Å². The highest BCUT2D eigenvalue weighted by molar-refractivity contribution is 5.95. The van der Waals surface area contributed by atoms with Gasteiger partial charge in [-0.05, 0) is 22.9 Å². The Balaban J connectivity index is 1.35. The lowest BCUT2D eigenvalue weighted by Gasteiger charge is -2.20. The number of likely N-dealkylation sites (tertiary alicyclic amines) is 1. The molecule has 1 aliphatic heterocycles. The summed E-state index contributed by atoms with van der Waals surface area (Å²) in [6.45, 7) is 2.61. The third-order valence-electron chi connectivity index (χ3n) is 5.02. The first-order chi connectivity index (χ1) is 14.2. The molecule has 2 N–H and O–H groups in total. The SMILES string of the molecule is C[NH+]1CCC(=NNC(=O)c2ccc(Cn3nnc(-c4ccccc4)n3)cc2)CC1. The Bertz CT molecular complexity index is 985. The minimum absolute atomic E-state index is 0.194. The molecule has 8 heteroatoms. The quantitative estimate of drug-likeness (QED) is 0.630. The largest absolute Gasteiger partial charge is 0.337 e. The first kappa shape index (κ1) is 18.9. The highest BCUT2D eigenvalue weighted by atomic mass is 16.2. The van der Waals surface area contributed by atoms with Crippen molar-refractivity contribution in [3.63, 3.8) is 0 Å². The summed E-state index contributed by atoms with van der Waals surface area (Å²) < 4.78 is 0. The molecular weight excluding hydrogens is 366 g/mol. The Morgan fingerprint density at radius 1 is 1.10 bits per heavy atom. The summed E-state index contributed by atoms with van der Waals surface area (Å²) in [5, 5.41) is 16.9. The molecular formula is C21H24N7O+. The summed E-state index contributed by atoms with van der Waals surface area (Å²) in [5.41, 5.74) is 6.23. The molecule has 1 saturated heterocycles. The molecule has 2 heterocycles. The van der Waals surface area contributed by atoms with E-state index >= 15 is 0 Å².